The van der Waals surface area contributed by atoms with Gasteiger partial charge in [-0.2, -0.15) is 0 Å². The van der Waals surface area contributed by atoms with E-state index in [0.717, 1.165) is 14.7 Å². The second-order valence-corrected chi connectivity index (χ2v) is 9.83. The van der Waals surface area contributed by atoms with E-state index in [1.54, 1.807) is 32.0 Å². The fraction of sp³-hybridized carbons (Fsp3) is 0.107. The summed E-state index contributed by atoms with van der Waals surface area (Å²) >= 11 is 0. The van der Waals surface area contributed by atoms with Gasteiger partial charge in [0.1, 0.15) is 27.9 Å². The maximum atomic E-state index is 13.8. The van der Waals surface area contributed by atoms with E-state index in [9.17, 15) is 9.18 Å². The molecule has 4 rings (SSSR count). The van der Waals surface area contributed by atoms with E-state index in [1.807, 2.05) is 54.6 Å². The van der Waals surface area contributed by atoms with Gasteiger partial charge < -0.3 is 4.74 Å². The van der Waals surface area contributed by atoms with Crippen LogP contribution >= 0.6 is 0 Å². The highest BCUT2D eigenvalue weighted by atomic mass is 32.2. The average molecular weight is 444 g/mol. The topological polar surface area (TPSA) is 26.3 Å². The van der Waals surface area contributed by atoms with Gasteiger partial charge in [-0.15, -0.1) is 0 Å². The Morgan fingerprint density at radius 1 is 0.750 bits per heavy atom. The zero-order valence-corrected chi connectivity index (χ0v) is 18.8. The summed E-state index contributed by atoms with van der Waals surface area (Å²) in [5.74, 6) is -0.791. The number of hydrogen-bond acceptors (Lipinski definition) is 2. The first kappa shape index (κ1) is 21.8. The van der Waals surface area contributed by atoms with E-state index in [4.69, 9.17) is 4.74 Å². The van der Waals surface area contributed by atoms with Crippen molar-refractivity contribution in [3.05, 3.63) is 126 Å². The van der Waals surface area contributed by atoms with E-state index in [1.165, 1.54) is 12.1 Å². The molecule has 0 amide bonds. The van der Waals surface area contributed by atoms with E-state index >= 15 is 0 Å². The van der Waals surface area contributed by atoms with Gasteiger partial charge in [0, 0.05) is 0 Å². The number of carbonyl (C=O) groups is 1. The van der Waals surface area contributed by atoms with Gasteiger partial charge in [-0.05, 0) is 67.9 Å². The fourth-order valence-corrected chi connectivity index (χ4v) is 5.75. The predicted molar refractivity (Wildman–Crippen MR) is 126 cm³/mol. The lowest BCUT2D eigenvalue weighted by molar-refractivity contribution is -0.00365. The van der Waals surface area contributed by atoms with Crippen molar-refractivity contribution in [1.29, 1.82) is 0 Å². The van der Waals surface area contributed by atoms with Gasteiger partial charge in [-0.1, -0.05) is 60.7 Å². The zero-order chi connectivity index (χ0) is 22.6. The van der Waals surface area contributed by atoms with Gasteiger partial charge in [0.2, 0.25) is 0 Å². The lowest BCUT2D eigenvalue weighted by atomic mass is 9.98. The van der Waals surface area contributed by atoms with Crippen molar-refractivity contribution in [3.8, 4) is 0 Å². The molecule has 4 heteroatoms. The van der Waals surface area contributed by atoms with Crippen LogP contribution in [0.4, 0.5) is 4.39 Å². The number of halogens is 1. The highest BCUT2D eigenvalue weighted by Crippen LogP contribution is 2.35. The Bertz CT molecular complexity index is 1170. The minimum absolute atomic E-state index is 0.360. The van der Waals surface area contributed by atoms with Gasteiger partial charge in [0.05, 0.1) is 0 Å². The molecule has 0 aromatic heterocycles. The number of esters is 1. The minimum atomic E-state index is -0.982. The van der Waals surface area contributed by atoms with Gasteiger partial charge in [-0.25, -0.2) is 9.18 Å². The second kappa shape index (κ2) is 9.41. The maximum absolute atomic E-state index is 13.8. The van der Waals surface area contributed by atoms with Gasteiger partial charge in [0.25, 0.3) is 0 Å². The van der Waals surface area contributed by atoms with Crippen LogP contribution in [0, 0.1) is 5.82 Å². The summed E-state index contributed by atoms with van der Waals surface area (Å²) in [6, 6.07) is 34.0. The van der Waals surface area contributed by atoms with Crippen LogP contribution in [0.5, 0.6) is 0 Å². The van der Waals surface area contributed by atoms with Gasteiger partial charge in [-0.3, -0.25) is 0 Å². The summed E-state index contributed by atoms with van der Waals surface area (Å²) in [5, 5.41) is 0. The zero-order valence-electron chi connectivity index (χ0n) is 18.0. The standard InChI is InChI=1S/C28H24FO2S/c1-28(2,21-12-11-13-22(29)20-21)31-27(30)25-18-9-10-19-26(25)32(23-14-5-3-6-15-23)24-16-7-4-8-17-24/h3-20H,1-2H3/q+1. The number of benzene rings is 4. The Balaban J connectivity index is 1.75. The largest absolute Gasteiger partial charge is 0.451 e. The van der Waals surface area contributed by atoms with E-state index < -0.39 is 22.5 Å². The number of hydrogen-bond donors (Lipinski definition) is 0. The smallest absolute Gasteiger partial charge is 0.344 e. The number of ether oxygens (including phenoxy) is 1. The third-order valence-electron chi connectivity index (χ3n) is 5.15. The third-order valence-corrected chi connectivity index (χ3v) is 7.44. The molecule has 2 nitrogen and oxygen atoms in total. The lowest BCUT2D eigenvalue weighted by Gasteiger charge is -2.26. The van der Waals surface area contributed by atoms with Crippen molar-refractivity contribution in [2.75, 3.05) is 0 Å². The Hall–Kier alpha value is -3.37. The first-order chi connectivity index (χ1) is 15.5. The maximum Gasteiger partial charge on any atom is 0.344 e. The molecule has 4 aromatic carbocycles. The van der Waals surface area contributed by atoms with Crippen LogP contribution in [0.25, 0.3) is 0 Å². The van der Waals surface area contributed by atoms with Crippen molar-refractivity contribution in [1.82, 2.24) is 0 Å². The molecule has 0 N–H and O–H groups in total. The monoisotopic (exact) mass is 443 g/mol. The molecular weight excluding hydrogens is 419 g/mol. The molecule has 0 fully saturated rings. The van der Waals surface area contributed by atoms with Gasteiger partial charge in [0.15, 0.2) is 14.7 Å². The predicted octanol–water partition coefficient (Wildman–Crippen LogP) is 7.01. The van der Waals surface area contributed by atoms with Crippen LogP contribution in [-0.2, 0) is 21.2 Å². The SMILES string of the molecule is CC(C)(OC(=O)c1ccccc1[S+](c1ccccc1)c1ccccc1)c1cccc(F)c1. The van der Waals surface area contributed by atoms with Crippen LogP contribution < -0.4 is 0 Å². The summed E-state index contributed by atoms with van der Waals surface area (Å²) in [7, 11) is -0.484. The quantitative estimate of drug-likeness (QED) is 0.237. The molecule has 0 atom stereocenters. The molecule has 0 aliphatic heterocycles. The molecule has 32 heavy (non-hydrogen) atoms. The molecule has 0 spiro atoms. The number of rotatable bonds is 6. The van der Waals surface area contributed by atoms with Crippen molar-refractivity contribution in [3.63, 3.8) is 0 Å². The molecule has 0 bridgehead atoms. The Labute approximate surface area is 191 Å². The molecular formula is C28H24FO2S+. The molecule has 0 unspecified atom stereocenters. The Kier molecular flexibility index (Phi) is 6.42. The second-order valence-electron chi connectivity index (χ2n) is 7.84. The van der Waals surface area contributed by atoms with Crippen LogP contribution in [0.2, 0.25) is 0 Å². The molecule has 0 radical (unpaired) electrons. The third kappa shape index (κ3) is 4.76. The van der Waals surface area contributed by atoms with E-state index in [2.05, 4.69) is 24.3 Å². The summed E-state index contributed by atoms with van der Waals surface area (Å²) in [6.07, 6.45) is 0. The molecule has 0 heterocycles. The van der Waals surface area contributed by atoms with Crippen LogP contribution in [-0.4, -0.2) is 5.97 Å². The first-order valence-electron chi connectivity index (χ1n) is 10.4. The summed E-state index contributed by atoms with van der Waals surface area (Å²) in [5.41, 5.74) is 0.131. The summed E-state index contributed by atoms with van der Waals surface area (Å²) in [4.78, 5) is 16.5. The van der Waals surface area contributed by atoms with E-state index in [-0.39, 0.29) is 5.82 Å². The molecule has 0 aliphatic carbocycles. The molecule has 4 aromatic rings. The van der Waals surface area contributed by atoms with Crippen LogP contribution in [0.3, 0.4) is 0 Å². The molecule has 0 saturated heterocycles. The molecule has 160 valence electrons. The Morgan fingerprint density at radius 2 is 1.31 bits per heavy atom. The van der Waals surface area contributed by atoms with Crippen molar-refractivity contribution < 1.29 is 13.9 Å². The highest BCUT2D eigenvalue weighted by molar-refractivity contribution is 7.97. The Morgan fingerprint density at radius 3 is 1.91 bits per heavy atom. The number of carbonyl (C=O) groups excluding carboxylic acids is 1. The highest BCUT2D eigenvalue weighted by Gasteiger charge is 2.35. The average Bonchev–Trinajstić information content (AvgIpc) is 2.81. The van der Waals surface area contributed by atoms with Crippen LogP contribution in [0.15, 0.2) is 124 Å². The summed E-state index contributed by atoms with van der Waals surface area (Å²) < 4.78 is 19.7. The fourth-order valence-electron chi connectivity index (χ4n) is 3.53. The first-order valence-corrected chi connectivity index (χ1v) is 11.6. The van der Waals surface area contributed by atoms with Crippen molar-refractivity contribution in [2.24, 2.45) is 0 Å². The van der Waals surface area contributed by atoms with Gasteiger partial charge >= 0.3 is 5.97 Å². The van der Waals surface area contributed by atoms with Crippen LogP contribution in [0.1, 0.15) is 29.8 Å². The molecule has 0 aliphatic rings. The summed E-state index contributed by atoms with van der Waals surface area (Å²) in [6.45, 7) is 3.55. The minimum Gasteiger partial charge on any atom is -0.451 e. The van der Waals surface area contributed by atoms with Crippen molar-refractivity contribution in [2.45, 2.75) is 34.1 Å². The lowest BCUT2D eigenvalue weighted by Crippen LogP contribution is -2.26. The normalized spacial score (nSPS) is 11.4. The van der Waals surface area contributed by atoms with Crippen molar-refractivity contribution >= 4 is 16.9 Å². The van der Waals surface area contributed by atoms with E-state index in [0.29, 0.717) is 11.1 Å². The molecule has 0 saturated carbocycles.